The van der Waals surface area contributed by atoms with E-state index in [0.717, 1.165) is 11.1 Å². The molecule has 0 unspecified atom stereocenters. The lowest BCUT2D eigenvalue weighted by Crippen LogP contribution is -2.33. The first-order chi connectivity index (χ1) is 10.6. The first-order valence-electron chi connectivity index (χ1n) is 7.67. The summed E-state index contributed by atoms with van der Waals surface area (Å²) in [6, 6.07) is 2.92. The summed E-state index contributed by atoms with van der Waals surface area (Å²) in [4.78, 5) is 12.6. The lowest BCUT2D eigenvalue weighted by atomic mass is 9.92. The topological polar surface area (TPSA) is 98.5 Å². The van der Waals surface area contributed by atoms with Gasteiger partial charge in [0.2, 0.25) is 15.9 Å². The molecule has 128 valence electrons. The van der Waals surface area contributed by atoms with E-state index in [2.05, 4.69) is 5.32 Å². The van der Waals surface area contributed by atoms with E-state index >= 15 is 0 Å². The van der Waals surface area contributed by atoms with Crippen LogP contribution in [0.5, 0.6) is 0 Å². The molecule has 0 aliphatic carbocycles. The summed E-state index contributed by atoms with van der Waals surface area (Å²) in [5, 5.41) is 8.05. The van der Waals surface area contributed by atoms with Crippen LogP contribution in [0.3, 0.4) is 0 Å². The van der Waals surface area contributed by atoms with E-state index in [-0.39, 0.29) is 28.7 Å². The molecular weight excluding hydrogens is 316 g/mol. The van der Waals surface area contributed by atoms with Gasteiger partial charge in [0.15, 0.2) is 0 Å². The van der Waals surface area contributed by atoms with E-state index in [1.165, 1.54) is 12.1 Å². The molecule has 1 heterocycles. The van der Waals surface area contributed by atoms with Gasteiger partial charge in [-0.1, -0.05) is 13.8 Å². The number of anilines is 1. The van der Waals surface area contributed by atoms with Crippen LogP contribution in [-0.2, 0) is 19.6 Å². The number of aryl methyl sites for hydroxylation is 1. The standard InChI is InChI=1S/C16H24N2O4S/c1-9(2)15-13(5-6-22-15)16(19)18-14-8-12(23(17,20)21)7-10(3)11(14)4/h7-9,13,15H,5-6H2,1-4H3,(H,18,19)(H2,17,20,21)/t13-,15+/m0/s1. The van der Waals surface area contributed by atoms with E-state index in [1.54, 1.807) is 6.92 Å². The molecule has 1 amide bonds. The van der Waals surface area contributed by atoms with Crippen LogP contribution < -0.4 is 10.5 Å². The van der Waals surface area contributed by atoms with Crippen LogP contribution in [0.4, 0.5) is 5.69 Å². The van der Waals surface area contributed by atoms with E-state index in [0.29, 0.717) is 18.7 Å². The van der Waals surface area contributed by atoms with Gasteiger partial charge in [0.05, 0.1) is 16.9 Å². The number of carbonyl (C=O) groups is 1. The molecule has 0 bridgehead atoms. The Bertz CT molecular complexity index is 713. The maximum absolute atomic E-state index is 12.6. The van der Waals surface area contributed by atoms with Gasteiger partial charge in [-0.15, -0.1) is 0 Å². The molecule has 6 nitrogen and oxygen atoms in total. The summed E-state index contributed by atoms with van der Waals surface area (Å²) in [7, 11) is -3.82. The van der Waals surface area contributed by atoms with Crippen LogP contribution in [0.1, 0.15) is 31.4 Å². The zero-order valence-corrected chi connectivity index (χ0v) is 14.7. The fraction of sp³-hybridized carbons (Fsp3) is 0.562. The number of rotatable bonds is 4. The molecule has 0 saturated carbocycles. The summed E-state index contributed by atoms with van der Waals surface area (Å²) < 4.78 is 28.8. The number of amides is 1. The highest BCUT2D eigenvalue weighted by atomic mass is 32.2. The maximum Gasteiger partial charge on any atom is 0.238 e. The molecule has 1 aliphatic rings. The predicted molar refractivity (Wildman–Crippen MR) is 88.6 cm³/mol. The highest BCUT2D eigenvalue weighted by Gasteiger charge is 2.36. The minimum absolute atomic E-state index is 0.000943. The van der Waals surface area contributed by atoms with E-state index in [4.69, 9.17) is 9.88 Å². The second kappa shape index (κ2) is 6.59. The van der Waals surface area contributed by atoms with Crippen LogP contribution in [0.25, 0.3) is 0 Å². The van der Waals surface area contributed by atoms with Gasteiger partial charge in [0, 0.05) is 12.3 Å². The van der Waals surface area contributed by atoms with Crippen molar-refractivity contribution in [1.29, 1.82) is 0 Å². The Morgan fingerprint density at radius 1 is 1.35 bits per heavy atom. The average Bonchev–Trinajstić information content (AvgIpc) is 2.92. The Balaban J connectivity index is 2.29. The van der Waals surface area contributed by atoms with Gasteiger partial charge in [-0.05, 0) is 49.4 Å². The highest BCUT2D eigenvalue weighted by Crippen LogP contribution is 2.29. The number of hydrogen-bond acceptors (Lipinski definition) is 4. The largest absolute Gasteiger partial charge is 0.377 e. The van der Waals surface area contributed by atoms with Crippen molar-refractivity contribution in [2.45, 2.75) is 45.1 Å². The number of carbonyl (C=O) groups excluding carboxylic acids is 1. The molecule has 0 radical (unpaired) electrons. The van der Waals surface area contributed by atoms with Gasteiger partial charge in [-0.25, -0.2) is 13.6 Å². The van der Waals surface area contributed by atoms with Crippen molar-refractivity contribution in [2.24, 2.45) is 17.0 Å². The second-order valence-electron chi connectivity index (χ2n) is 6.42. The Morgan fingerprint density at radius 2 is 2.00 bits per heavy atom. The Hall–Kier alpha value is -1.44. The molecule has 23 heavy (non-hydrogen) atoms. The molecule has 1 fully saturated rings. The smallest absolute Gasteiger partial charge is 0.238 e. The number of primary sulfonamides is 1. The lowest BCUT2D eigenvalue weighted by molar-refractivity contribution is -0.122. The average molecular weight is 340 g/mol. The Kier molecular flexibility index (Phi) is 5.13. The maximum atomic E-state index is 12.6. The van der Waals surface area contributed by atoms with Crippen molar-refractivity contribution >= 4 is 21.6 Å². The molecule has 1 saturated heterocycles. The summed E-state index contributed by atoms with van der Waals surface area (Å²) in [6.45, 7) is 8.23. The molecule has 2 atom stereocenters. The van der Waals surface area contributed by atoms with Crippen molar-refractivity contribution in [3.05, 3.63) is 23.3 Å². The summed E-state index contributed by atoms with van der Waals surface area (Å²) >= 11 is 0. The molecule has 0 aromatic heterocycles. The lowest BCUT2D eigenvalue weighted by Gasteiger charge is -2.22. The third-order valence-electron chi connectivity index (χ3n) is 4.36. The minimum Gasteiger partial charge on any atom is -0.377 e. The Morgan fingerprint density at radius 3 is 2.57 bits per heavy atom. The second-order valence-corrected chi connectivity index (χ2v) is 7.98. The van der Waals surface area contributed by atoms with E-state index in [1.807, 2.05) is 20.8 Å². The number of hydrogen-bond donors (Lipinski definition) is 2. The van der Waals surface area contributed by atoms with Crippen LogP contribution >= 0.6 is 0 Å². The molecule has 7 heteroatoms. The fourth-order valence-electron chi connectivity index (χ4n) is 2.89. The van der Waals surface area contributed by atoms with Gasteiger partial charge < -0.3 is 10.1 Å². The zero-order valence-electron chi connectivity index (χ0n) is 13.9. The summed E-state index contributed by atoms with van der Waals surface area (Å²) in [6.07, 6.45) is 0.555. The van der Waals surface area contributed by atoms with Crippen LogP contribution in [0.15, 0.2) is 17.0 Å². The van der Waals surface area contributed by atoms with Crippen molar-refractivity contribution in [2.75, 3.05) is 11.9 Å². The third kappa shape index (κ3) is 3.91. The van der Waals surface area contributed by atoms with Crippen LogP contribution in [0.2, 0.25) is 0 Å². The first-order valence-corrected chi connectivity index (χ1v) is 9.22. The number of nitrogens with one attached hydrogen (secondary N) is 1. The third-order valence-corrected chi connectivity index (χ3v) is 5.25. The number of nitrogens with two attached hydrogens (primary N) is 1. The summed E-state index contributed by atoms with van der Waals surface area (Å²) in [5.41, 5.74) is 2.06. The van der Waals surface area contributed by atoms with Crippen molar-refractivity contribution in [1.82, 2.24) is 0 Å². The molecule has 3 N–H and O–H groups in total. The van der Waals surface area contributed by atoms with E-state index in [9.17, 15) is 13.2 Å². The van der Waals surface area contributed by atoms with Crippen LogP contribution in [-0.4, -0.2) is 27.0 Å². The zero-order chi connectivity index (χ0) is 17.4. The van der Waals surface area contributed by atoms with Gasteiger partial charge in [0.25, 0.3) is 0 Å². The van der Waals surface area contributed by atoms with Gasteiger partial charge in [-0.2, -0.15) is 0 Å². The molecule has 2 rings (SSSR count). The SMILES string of the molecule is Cc1cc(S(N)(=O)=O)cc(NC(=O)[C@H]2CCO[C@@H]2C(C)C)c1C. The van der Waals surface area contributed by atoms with Gasteiger partial charge in [-0.3, -0.25) is 4.79 Å². The predicted octanol–water partition coefficient (Wildman–Crippen LogP) is 1.95. The van der Waals surface area contributed by atoms with Gasteiger partial charge in [0.1, 0.15) is 0 Å². The quantitative estimate of drug-likeness (QED) is 0.875. The molecule has 1 aromatic carbocycles. The van der Waals surface area contributed by atoms with E-state index < -0.39 is 10.0 Å². The van der Waals surface area contributed by atoms with Crippen LogP contribution in [0, 0.1) is 25.7 Å². The van der Waals surface area contributed by atoms with Crippen molar-refractivity contribution in [3.8, 4) is 0 Å². The minimum atomic E-state index is -3.82. The molecular formula is C16H24N2O4S. The summed E-state index contributed by atoms with van der Waals surface area (Å²) in [5.74, 6) is -0.130. The molecule has 0 spiro atoms. The monoisotopic (exact) mass is 340 g/mol. The number of ether oxygens (including phenoxy) is 1. The molecule has 1 aromatic rings. The van der Waals surface area contributed by atoms with Crippen molar-refractivity contribution < 1.29 is 17.9 Å². The van der Waals surface area contributed by atoms with Gasteiger partial charge >= 0.3 is 0 Å². The number of sulfonamides is 1. The number of benzene rings is 1. The van der Waals surface area contributed by atoms with Crippen molar-refractivity contribution in [3.63, 3.8) is 0 Å². The molecule has 1 aliphatic heterocycles. The first kappa shape index (κ1) is 17.9. The fourth-order valence-corrected chi connectivity index (χ4v) is 3.52. The highest BCUT2D eigenvalue weighted by molar-refractivity contribution is 7.89. The Labute approximate surface area is 137 Å². The normalized spacial score (nSPS) is 21.7.